The van der Waals surface area contributed by atoms with Crippen LogP contribution in [-0.4, -0.2) is 91.3 Å². The van der Waals surface area contributed by atoms with E-state index in [4.69, 9.17) is 14.2 Å². The van der Waals surface area contributed by atoms with Gasteiger partial charge in [-0.15, -0.1) is 0 Å². The average Bonchev–Trinajstić information content (AvgIpc) is 3.63. The van der Waals surface area contributed by atoms with Crippen LogP contribution in [0.1, 0.15) is 79.9 Å². The van der Waals surface area contributed by atoms with Gasteiger partial charge >= 0.3 is 11.9 Å². The van der Waals surface area contributed by atoms with Crippen LogP contribution in [0.2, 0.25) is 0 Å². The van der Waals surface area contributed by atoms with Crippen molar-refractivity contribution in [1.29, 1.82) is 0 Å². The molecule has 10 rings (SSSR count). The fourth-order valence-electron chi connectivity index (χ4n) is 12.5. The van der Waals surface area contributed by atoms with Crippen molar-refractivity contribution in [2.45, 2.75) is 89.3 Å². The highest BCUT2D eigenvalue weighted by Gasteiger charge is 2.57. The largest absolute Gasteiger partial charge is 0.496 e. The summed E-state index contributed by atoms with van der Waals surface area (Å²) in [4.78, 5) is 39.3. The number of hydrogen-bond donors (Lipinski definition) is 2. The fourth-order valence-corrected chi connectivity index (χ4v) is 12.5. The van der Waals surface area contributed by atoms with Crippen LogP contribution < -0.4 is 4.74 Å². The number of carbonyl (C=O) groups excluding carboxylic acids is 2. The second-order valence-electron chi connectivity index (χ2n) is 16.9. The molecule has 3 saturated heterocycles. The van der Waals surface area contributed by atoms with Crippen molar-refractivity contribution in [1.82, 2.24) is 19.8 Å². The first-order valence-electron chi connectivity index (χ1n) is 20.2. The van der Waals surface area contributed by atoms with Crippen molar-refractivity contribution >= 4 is 33.7 Å². The van der Waals surface area contributed by atoms with E-state index in [-0.39, 0.29) is 35.7 Å². The van der Waals surface area contributed by atoms with E-state index in [2.05, 4.69) is 77.1 Å². The zero-order chi connectivity index (χ0) is 36.7. The molecule has 2 aromatic heterocycles. The summed E-state index contributed by atoms with van der Waals surface area (Å²) in [5, 5.41) is 2.49. The van der Waals surface area contributed by atoms with Crippen LogP contribution in [0, 0.1) is 35.5 Å². The molecule has 2 aliphatic carbocycles. The van der Waals surface area contributed by atoms with Gasteiger partial charge in [-0.25, -0.2) is 0 Å². The van der Waals surface area contributed by atoms with E-state index < -0.39 is 0 Å². The van der Waals surface area contributed by atoms with E-state index in [0.29, 0.717) is 42.2 Å². The van der Waals surface area contributed by atoms with Gasteiger partial charge in [-0.1, -0.05) is 44.9 Å². The minimum atomic E-state index is -0.201. The molecule has 4 bridgehead atoms. The van der Waals surface area contributed by atoms with Crippen LogP contribution in [-0.2, 0) is 38.3 Å². The number of likely N-dealkylation sites (N-methyl/N-ethyl adjacent to an activating group) is 1. The van der Waals surface area contributed by atoms with Crippen molar-refractivity contribution in [2.75, 3.05) is 41.5 Å². The number of piperidine rings is 3. The third-order valence-corrected chi connectivity index (χ3v) is 15.0. The molecule has 4 aliphatic heterocycles. The monoisotopic (exact) mass is 720 g/mol. The molecule has 4 fully saturated rings. The van der Waals surface area contributed by atoms with Crippen LogP contribution in [0.4, 0.5) is 0 Å². The molecular formula is C44H56N4O5. The minimum absolute atomic E-state index is 0.0209. The maximum absolute atomic E-state index is 13.8. The Balaban J connectivity index is 1.14. The van der Waals surface area contributed by atoms with E-state index in [0.717, 1.165) is 62.9 Å². The summed E-state index contributed by atoms with van der Waals surface area (Å²) in [7, 11) is 7.07. The number of nitrogens with one attached hydrogen (secondary N) is 2. The topological polar surface area (TPSA) is 99.9 Å². The molecule has 53 heavy (non-hydrogen) atoms. The van der Waals surface area contributed by atoms with Gasteiger partial charge in [0.25, 0.3) is 0 Å². The molecule has 2 N–H and O–H groups in total. The number of likely N-dealkylation sites (tertiary alicyclic amines) is 1. The number of hydrogen-bond acceptors (Lipinski definition) is 7. The number of rotatable bonds is 7. The first kappa shape index (κ1) is 34.9. The molecule has 9 heteroatoms. The molecule has 0 amide bonds. The summed E-state index contributed by atoms with van der Waals surface area (Å²) < 4.78 is 17.1. The second kappa shape index (κ2) is 13.5. The standard InChI is InChI=1S/C44H56N4O5/c1-7-23-22-47(3)39-18-33-25-11-9-10-12-34(25)46-43(33)32(15-27(23)42(39)44(50)53-6)31-16-35-29(19-40(31)51-4)26-13-14-48-37-17-28(30(37)20-41(49)52-5)24(8-2)38(48)21-36(26)45-35/h9-12,16,19,23-24,27-28,30,32,37-39,42,45-46H,7-8,13-15,17-18,20-22H2,1-6H3/t23-,24-,27-,28+,30+,32+,37+,38-,39-,42+/m1/s1. The molecule has 6 aliphatic rings. The Morgan fingerprint density at radius 2 is 1.68 bits per heavy atom. The normalized spacial score (nSPS) is 32.4. The number of benzene rings is 2. The molecule has 6 heterocycles. The predicted octanol–water partition coefficient (Wildman–Crippen LogP) is 6.86. The zero-order valence-corrected chi connectivity index (χ0v) is 32.2. The Hall–Kier alpha value is -3.82. The number of esters is 2. The van der Waals surface area contributed by atoms with Gasteiger partial charge in [0, 0.05) is 82.3 Å². The smallest absolute Gasteiger partial charge is 0.310 e. The molecule has 1 saturated carbocycles. The third-order valence-electron chi connectivity index (χ3n) is 15.0. The lowest BCUT2D eigenvalue weighted by Gasteiger charge is -2.62. The first-order chi connectivity index (χ1) is 25.8. The van der Waals surface area contributed by atoms with E-state index >= 15 is 0 Å². The Morgan fingerprint density at radius 3 is 2.43 bits per heavy atom. The number of nitrogens with zero attached hydrogens (tertiary/aromatic N) is 2. The highest BCUT2D eigenvalue weighted by atomic mass is 16.5. The van der Waals surface area contributed by atoms with Gasteiger partial charge in [0.2, 0.25) is 0 Å². The molecule has 10 atom stereocenters. The summed E-state index contributed by atoms with van der Waals surface area (Å²) in [5.74, 6) is 2.70. The van der Waals surface area contributed by atoms with Gasteiger partial charge in [-0.2, -0.15) is 0 Å². The highest BCUT2D eigenvalue weighted by Crippen LogP contribution is 2.55. The highest BCUT2D eigenvalue weighted by molar-refractivity contribution is 5.89. The number of methoxy groups -OCH3 is 3. The summed E-state index contributed by atoms with van der Waals surface area (Å²) >= 11 is 0. The van der Waals surface area contributed by atoms with Crippen LogP contribution in [0.15, 0.2) is 36.4 Å². The fraction of sp³-hybridized carbons (Fsp3) is 0.591. The Bertz CT molecular complexity index is 2050. The van der Waals surface area contributed by atoms with Gasteiger partial charge in [0.15, 0.2) is 0 Å². The molecule has 9 nitrogen and oxygen atoms in total. The van der Waals surface area contributed by atoms with Crippen LogP contribution in [0.5, 0.6) is 5.75 Å². The van der Waals surface area contributed by atoms with Gasteiger partial charge in [0.1, 0.15) is 5.75 Å². The summed E-state index contributed by atoms with van der Waals surface area (Å²) in [6.45, 7) is 6.59. The summed E-state index contributed by atoms with van der Waals surface area (Å²) in [5.41, 5.74) is 8.83. The second-order valence-corrected chi connectivity index (χ2v) is 16.9. The van der Waals surface area contributed by atoms with Crippen molar-refractivity contribution in [2.24, 2.45) is 35.5 Å². The molecule has 0 radical (unpaired) electrons. The molecule has 2 aromatic carbocycles. The van der Waals surface area contributed by atoms with Crippen LogP contribution in [0.3, 0.4) is 0 Å². The van der Waals surface area contributed by atoms with Gasteiger partial charge in [-0.3, -0.25) is 14.5 Å². The summed E-state index contributed by atoms with van der Waals surface area (Å²) in [6.07, 6.45) is 7.50. The molecule has 4 aromatic rings. The van der Waals surface area contributed by atoms with Gasteiger partial charge in [0.05, 0.1) is 33.7 Å². The van der Waals surface area contributed by atoms with Gasteiger partial charge < -0.3 is 29.1 Å². The van der Waals surface area contributed by atoms with E-state index in [9.17, 15) is 9.59 Å². The lowest BCUT2D eigenvalue weighted by atomic mass is 9.55. The molecule has 0 unspecified atom stereocenters. The van der Waals surface area contributed by atoms with Crippen molar-refractivity contribution in [3.63, 3.8) is 0 Å². The Morgan fingerprint density at radius 1 is 0.849 bits per heavy atom. The maximum Gasteiger partial charge on any atom is 0.310 e. The predicted molar refractivity (Wildman–Crippen MR) is 206 cm³/mol. The zero-order valence-electron chi connectivity index (χ0n) is 32.2. The quantitative estimate of drug-likeness (QED) is 0.202. The maximum atomic E-state index is 13.8. The van der Waals surface area contributed by atoms with Crippen molar-refractivity contribution in [3.8, 4) is 5.75 Å². The van der Waals surface area contributed by atoms with E-state index in [1.54, 1.807) is 7.11 Å². The SMILES string of the molecule is CC[C@@H]1CN(C)[C@@H]2Cc3c([nH]c4ccccc34)[C@H](c3cc4[nH]c5c(c4cc3OC)CCN3[C@H](C5)[C@H](CC)[C@@H]4C[C@H]3[C@H]4CC(=O)OC)C[C@H]1[C@@H]2C(=O)OC. The molecular weight excluding hydrogens is 665 g/mol. The number of aromatic nitrogens is 2. The van der Waals surface area contributed by atoms with Crippen molar-refractivity contribution in [3.05, 3.63) is 64.5 Å². The number of para-hydroxylation sites is 1. The Labute approximate surface area is 313 Å². The number of fused-ring (bicyclic) bond motifs is 8. The van der Waals surface area contributed by atoms with Crippen LogP contribution in [0.25, 0.3) is 21.8 Å². The Kier molecular flexibility index (Phi) is 8.88. The van der Waals surface area contributed by atoms with E-state index in [1.165, 1.54) is 57.9 Å². The van der Waals surface area contributed by atoms with E-state index in [1.807, 2.05) is 7.11 Å². The number of ether oxygens (including phenoxy) is 3. The lowest BCUT2D eigenvalue weighted by Crippen LogP contribution is -2.67. The average molecular weight is 721 g/mol. The van der Waals surface area contributed by atoms with Crippen LogP contribution >= 0.6 is 0 Å². The van der Waals surface area contributed by atoms with Crippen molar-refractivity contribution < 1.29 is 23.8 Å². The number of carbonyl (C=O) groups is 2. The third kappa shape index (κ3) is 5.38. The minimum Gasteiger partial charge on any atom is -0.496 e. The first-order valence-corrected chi connectivity index (χ1v) is 20.2. The number of H-pyrrole nitrogens is 2. The lowest BCUT2D eigenvalue weighted by molar-refractivity contribution is -0.159. The molecule has 0 spiro atoms. The number of aromatic amines is 2. The molecule has 282 valence electrons. The summed E-state index contributed by atoms with van der Waals surface area (Å²) in [6, 6.07) is 14.3. The van der Waals surface area contributed by atoms with Gasteiger partial charge in [-0.05, 0) is 91.6 Å².